The minimum absolute atomic E-state index is 0.107. The van der Waals surface area contributed by atoms with Crippen LogP contribution < -0.4 is 4.74 Å². The molecule has 4 nitrogen and oxygen atoms in total. The largest absolute Gasteiger partial charge is 0.489 e. The molecular weight excluding hydrogens is 316 g/mol. The molecule has 0 spiro atoms. The Hall–Kier alpha value is -2.62. The zero-order valence-corrected chi connectivity index (χ0v) is 15.2. The van der Waals surface area contributed by atoms with Crippen LogP contribution in [0.15, 0.2) is 48.5 Å². The Balaban J connectivity index is 1.88. The highest BCUT2D eigenvalue weighted by Gasteiger charge is 2.22. The summed E-state index contributed by atoms with van der Waals surface area (Å²) in [6, 6.07) is 14.8. The minimum atomic E-state index is -0.517. The standard InChI is InChI=1S/C21H24O4/c1-15-6-5-7-18(12-15)24-13-16-8-10-17(11-9-16)20(23)25-14-19(22)21(2,3)4/h5-12H,13-14H2,1-4H3. The van der Waals surface area contributed by atoms with Crippen molar-refractivity contribution in [1.82, 2.24) is 0 Å². The summed E-state index contributed by atoms with van der Waals surface area (Å²) < 4.78 is 10.8. The zero-order chi connectivity index (χ0) is 18.4. The summed E-state index contributed by atoms with van der Waals surface area (Å²) in [7, 11) is 0. The van der Waals surface area contributed by atoms with Crippen molar-refractivity contribution in [2.45, 2.75) is 34.3 Å². The molecule has 0 radical (unpaired) electrons. The van der Waals surface area contributed by atoms with E-state index in [-0.39, 0.29) is 12.4 Å². The number of esters is 1. The summed E-state index contributed by atoms with van der Waals surface area (Å²) in [5, 5.41) is 0. The van der Waals surface area contributed by atoms with Gasteiger partial charge in [0.15, 0.2) is 12.4 Å². The van der Waals surface area contributed by atoms with Gasteiger partial charge in [0.1, 0.15) is 12.4 Å². The Morgan fingerprint density at radius 1 is 1.00 bits per heavy atom. The molecule has 2 aromatic rings. The lowest BCUT2D eigenvalue weighted by Gasteiger charge is -2.16. The predicted octanol–water partition coefficient (Wildman–Crippen LogP) is 4.35. The SMILES string of the molecule is Cc1cccc(OCc2ccc(C(=O)OCC(=O)C(C)(C)C)cc2)c1. The first-order valence-electron chi connectivity index (χ1n) is 8.24. The van der Waals surface area contributed by atoms with E-state index in [2.05, 4.69) is 0 Å². The number of Topliss-reactive ketones (excluding diaryl/α,β-unsaturated/α-hetero) is 1. The molecule has 0 saturated carbocycles. The van der Waals surface area contributed by atoms with E-state index in [1.807, 2.05) is 43.3 Å². The maximum Gasteiger partial charge on any atom is 0.338 e. The molecule has 0 aromatic heterocycles. The third kappa shape index (κ3) is 5.75. The molecule has 4 heteroatoms. The van der Waals surface area contributed by atoms with Crippen molar-refractivity contribution in [2.75, 3.05) is 6.61 Å². The van der Waals surface area contributed by atoms with Crippen LogP contribution in [-0.2, 0) is 16.1 Å². The van der Waals surface area contributed by atoms with Crippen LogP contribution in [0.25, 0.3) is 0 Å². The molecule has 0 fully saturated rings. The van der Waals surface area contributed by atoms with Crippen molar-refractivity contribution in [3.8, 4) is 5.75 Å². The minimum Gasteiger partial charge on any atom is -0.489 e. The van der Waals surface area contributed by atoms with Gasteiger partial charge in [-0.3, -0.25) is 4.79 Å². The second-order valence-electron chi connectivity index (χ2n) is 7.05. The number of hydrogen-bond donors (Lipinski definition) is 0. The second kappa shape index (κ2) is 7.97. The van der Waals surface area contributed by atoms with E-state index in [0.29, 0.717) is 12.2 Å². The van der Waals surface area contributed by atoms with E-state index in [9.17, 15) is 9.59 Å². The molecule has 0 aliphatic heterocycles. The van der Waals surface area contributed by atoms with Gasteiger partial charge in [0.05, 0.1) is 5.56 Å². The molecule has 0 N–H and O–H groups in total. The molecule has 0 unspecified atom stereocenters. The van der Waals surface area contributed by atoms with Gasteiger partial charge in [-0.15, -0.1) is 0 Å². The fraction of sp³-hybridized carbons (Fsp3) is 0.333. The smallest absolute Gasteiger partial charge is 0.338 e. The number of carbonyl (C=O) groups excluding carboxylic acids is 2. The van der Waals surface area contributed by atoms with Crippen LogP contribution in [0.1, 0.15) is 42.3 Å². The van der Waals surface area contributed by atoms with Gasteiger partial charge in [0.25, 0.3) is 0 Å². The van der Waals surface area contributed by atoms with Gasteiger partial charge in [-0.2, -0.15) is 0 Å². The highest BCUT2D eigenvalue weighted by Crippen LogP contribution is 2.16. The van der Waals surface area contributed by atoms with Gasteiger partial charge in [0.2, 0.25) is 0 Å². The Labute approximate surface area is 148 Å². The normalized spacial score (nSPS) is 11.0. The summed E-state index contributed by atoms with van der Waals surface area (Å²) in [5.74, 6) is 0.206. The molecule has 132 valence electrons. The number of aryl methyl sites for hydroxylation is 1. The molecule has 0 bridgehead atoms. The zero-order valence-electron chi connectivity index (χ0n) is 15.2. The Kier molecular flexibility index (Phi) is 5.97. The van der Waals surface area contributed by atoms with E-state index >= 15 is 0 Å². The summed E-state index contributed by atoms with van der Waals surface area (Å²) in [4.78, 5) is 23.8. The van der Waals surface area contributed by atoms with Gasteiger partial charge < -0.3 is 9.47 Å². The van der Waals surface area contributed by atoms with Crippen LogP contribution in [0.2, 0.25) is 0 Å². The van der Waals surface area contributed by atoms with Crippen molar-refractivity contribution in [3.63, 3.8) is 0 Å². The molecule has 0 saturated heterocycles. The Morgan fingerprint density at radius 3 is 2.28 bits per heavy atom. The Morgan fingerprint density at radius 2 is 1.68 bits per heavy atom. The third-order valence-corrected chi connectivity index (χ3v) is 3.76. The summed E-state index contributed by atoms with van der Waals surface area (Å²) in [6.45, 7) is 7.62. The lowest BCUT2D eigenvalue weighted by molar-refractivity contribution is -0.129. The van der Waals surface area contributed by atoms with Crippen molar-refractivity contribution in [1.29, 1.82) is 0 Å². The lowest BCUT2D eigenvalue weighted by Crippen LogP contribution is -2.26. The first-order valence-corrected chi connectivity index (χ1v) is 8.24. The Bertz CT molecular complexity index is 739. The van der Waals surface area contributed by atoms with Crippen LogP contribution in [0, 0.1) is 12.3 Å². The number of rotatable bonds is 6. The van der Waals surface area contributed by atoms with Crippen molar-refractivity contribution >= 4 is 11.8 Å². The van der Waals surface area contributed by atoms with Gasteiger partial charge in [-0.1, -0.05) is 45.0 Å². The van der Waals surface area contributed by atoms with Crippen LogP contribution >= 0.6 is 0 Å². The van der Waals surface area contributed by atoms with Gasteiger partial charge in [0, 0.05) is 5.41 Å². The van der Waals surface area contributed by atoms with Gasteiger partial charge >= 0.3 is 5.97 Å². The van der Waals surface area contributed by atoms with Crippen molar-refractivity contribution in [3.05, 3.63) is 65.2 Å². The summed E-state index contributed by atoms with van der Waals surface area (Å²) in [5.41, 5.74) is 1.99. The number of ketones is 1. The quantitative estimate of drug-likeness (QED) is 0.734. The first kappa shape index (κ1) is 18.7. The number of benzene rings is 2. The van der Waals surface area contributed by atoms with Crippen LogP contribution in [0.4, 0.5) is 0 Å². The number of hydrogen-bond acceptors (Lipinski definition) is 4. The summed E-state index contributed by atoms with van der Waals surface area (Å²) in [6.07, 6.45) is 0. The van der Waals surface area contributed by atoms with Crippen molar-refractivity contribution in [2.24, 2.45) is 5.41 Å². The maximum atomic E-state index is 12.0. The second-order valence-corrected chi connectivity index (χ2v) is 7.05. The van der Waals surface area contributed by atoms with Gasteiger partial charge in [-0.05, 0) is 42.3 Å². The summed E-state index contributed by atoms with van der Waals surface area (Å²) >= 11 is 0. The monoisotopic (exact) mass is 340 g/mol. The highest BCUT2D eigenvalue weighted by molar-refractivity contribution is 5.92. The van der Waals surface area contributed by atoms with E-state index in [4.69, 9.17) is 9.47 Å². The average Bonchev–Trinajstić information content (AvgIpc) is 2.57. The predicted molar refractivity (Wildman–Crippen MR) is 96.7 cm³/mol. The third-order valence-electron chi connectivity index (χ3n) is 3.76. The number of ether oxygens (including phenoxy) is 2. The molecule has 0 amide bonds. The van der Waals surface area contributed by atoms with E-state index in [1.165, 1.54) is 0 Å². The topological polar surface area (TPSA) is 52.6 Å². The lowest BCUT2D eigenvalue weighted by atomic mass is 9.91. The van der Waals surface area contributed by atoms with Gasteiger partial charge in [-0.25, -0.2) is 4.79 Å². The molecular formula is C21H24O4. The molecule has 2 rings (SSSR count). The van der Waals surface area contributed by atoms with Crippen LogP contribution in [0.3, 0.4) is 0 Å². The van der Waals surface area contributed by atoms with Crippen LogP contribution in [0.5, 0.6) is 5.75 Å². The molecule has 25 heavy (non-hydrogen) atoms. The molecule has 0 atom stereocenters. The molecule has 0 aliphatic rings. The fourth-order valence-electron chi connectivity index (χ4n) is 2.04. The highest BCUT2D eigenvalue weighted by atomic mass is 16.5. The van der Waals surface area contributed by atoms with E-state index in [0.717, 1.165) is 16.9 Å². The van der Waals surface area contributed by atoms with Crippen molar-refractivity contribution < 1.29 is 19.1 Å². The molecule has 0 aliphatic carbocycles. The maximum absolute atomic E-state index is 12.0. The number of carbonyl (C=O) groups is 2. The first-order chi connectivity index (χ1) is 11.8. The van der Waals surface area contributed by atoms with E-state index < -0.39 is 11.4 Å². The average molecular weight is 340 g/mol. The molecule has 2 aromatic carbocycles. The molecule has 0 heterocycles. The van der Waals surface area contributed by atoms with E-state index in [1.54, 1.807) is 32.9 Å². The van der Waals surface area contributed by atoms with Crippen LogP contribution in [-0.4, -0.2) is 18.4 Å². The fourth-order valence-corrected chi connectivity index (χ4v) is 2.04.